The zero-order chi connectivity index (χ0) is 19.9. The summed E-state index contributed by atoms with van der Waals surface area (Å²) in [4.78, 5) is 37.4. The summed E-state index contributed by atoms with van der Waals surface area (Å²) in [5.74, 6) is -1.03. The molecule has 1 amide bonds. The Morgan fingerprint density at radius 3 is 2.61 bits per heavy atom. The van der Waals surface area contributed by atoms with Crippen LogP contribution in [0.1, 0.15) is 42.1 Å². The molecule has 1 atom stereocenters. The minimum atomic E-state index is -0.560. The van der Waals surface area contributed by atoms with Gasteiger partial charge >= 0.3 is 5.97 Å². The quantitative estimate of drug-likeness (QED) is 0.532. The molecular formula is C22H23NO4S. The number of carbonyl (C=O) groups is 3. The van der Waals surface area contributed by atoms with Crippen LogP contribution in [0.15, 0.2) is 53.4 Å². The molecule has 1 heterocycles. The van der Waals surface area contributed by atoms with Crippen LogP contribution < -0.4 is 5.32 Å². The van der Waals surface area contributed by atoms with Crippen LogP contribution in [0, 0.1) is 0 Å². The van der Waals surface area contributed by atoms with Crippen LogP contribution in [0.4, 0.5) is 5.69 Å². The zero-order valence-corrected chi connectivity index (χ0v) is 16.6. The number of ether oxygens (including phenoxy) is 1. The maximum atomic E-state index is 12.2. The van der Waals surface area contributed by atoms with Gasteiger partial charge in [-0.05, 0) is 30.5 Å². The first-order valence-corrected chi connectivity index (χ1v) is 10.3. The standard InChI is InChI=1S/C22H23NO4S/c1-2-3-6-15-9-11-16(12-10-15)18(24)14-27-21(25)13-20-22(26)23-17-7-4-5-8-19(17)28-20/h4-5,7-12,20H,2-3,6,13-14H2,1H3,(H,23,26)/t20-/m0/s1. The molecule has 28 heavy (non-hydrogen) atoms. The van der Waals surface area contributed by atoms with E-state index in [-0.39, 0.29) is 24.7 Å². The van der Waals surface area contributed by atoms with Crippen LogP contribution in [-0.2, 0) is 20.7 Å². The number of nitrogens with one attached hydrogen (secondary N) is 1. The average molecular weight is 397 g/mol. The van der Waals surface area contributed by atoms with Gasteiger partial charge in [0.1, 0.15) is 0 Å². The molecule has 6 heteroatoms. The van der Waals surface area contributed by atoms with Gasteiger partial charge < -0.3 is 10.1 Å². The molecule has 1 aliphatic rings. The summed E-state index contributed by atoms with van der Waals surface area (Å²) in [5, 5.41) is 2.23. The molecule has 0 bridgehead atoms. The molecule has 0 saturated carbocycles. The van der Waals surface area contributed by atoms with Gasteiger partial charge in [0.15, 0.2) is 12.4 Å². The van der Waals surface area contributed by atoms with Crippen LogP contribution in [0.3, 0.4) is 0 Å². The Labute approximate surface area is 168 Å². The van der Waals surface area contributed by atoms with E-state index in [9.17, 15) is 14.4 Å². The number of unbranched alkanes of at least 4 members (excludes halogenated alkanes) is 1. The Hall–Kier alpha value is -2.60. The molecule has 3 rings (SSSR count). The Morgan fingerprint density at radius 1 is 1.11 bits per heavy atom. The van der Waals surface area contributed by atoms with Crippen LogP contribution in [0.25, 0.3) is 0 Å². The molecule has 0 saturated heterocycles. The van der Waals surface area contributed by atoms with Crippen LogP contribution in [0.2, 0.25) is 0 Å². The van der Waals surface area contributed by atoms with Crippen molar-refractivity contribution in [2.45, 2.75) is 42.8 Å². The minimum Gasteiger partial charge on any atom is -0.457 e. The number of amides is 1. The van der Waals surface area contributed by atoms with E-state index in [1.807, 2.05) is 36.4 Å². The molecule has 0 aliphatic carbocycles. The first-order valence-electron chi connectivity index (χ1n) is 9.41. The number of para-hydroxylation sites is 1. The predicted molar refractivity (Wildman–Crippen MR) is 110 cm³/mol. The maximum Gasteiger partial charge on any atom is 0.307 e. The van der Waals surface area contributed by atoms with Gasteiger partial charge in [0, 0.05) is 10.5 Å². The van der Waals surface area contributed by atoms with E-state index in [0.717, 1.165) is 29.8 Å². The van der Waals surface area contributed by atoms with E-state index >= 15 is 0 Å². The van der Waals surface area contributed by atoms with E-state index in [0.29, 0.717) is 5.56 Å². The predicted octanol–water partition coefficient (Wildman–Crippen LogP) is 4.26. The lowest BCUT2D eigenvalue weighted by Gasteiger charge is -2.23. The highest BCUT2D eigenvalue weighted by Crippen LogP contribution is 2.36. The second-order valence-corrected chi connectivity index (χ2v) is 7.92. The number of aryl methyl sites for hydroxylation is 1. The Balaban J connectivity index is 1.49. The van der Waals surface area contributed by atoms with Crippen molar-refractivity contribution in [1.82, 2.24) is 0 Å². The molecule has 1 N–H and O–H groups in total. The summed E-state index contributed by atoms with van der Waals surface area (Å²) < 4.78 is 5.11. The van der Waals surface area contributed by atoms with Gasteiger partial charge in [0.05, 0.1) is 17.4 Å². The van der Waals surface area contributed by atoms with Crippen molar-refractivity contribution in [1.29, 1.82) is 0 Å². The first-order chi connectivity index (χ1) is 13.6. The topological polar surface area (TPSA) is 72.5 Å². The summed E-state index contributed by atoms with van der Waals surface area (Å²) in [6.45, 7) is 1.82. The third-order valence-electron chi connectivity index (χ3n) is 4.52. The van der Waals surface area contributed by atoms with Gasteiger partial charge in [-0.15, -0.1) is 11.8 Å². The third-order valence-corrected chi connectivity index (χ3v) is 5.79. The Morgan fingerprint density at radius 2 is 1.86 bits per heavy atom. The third kappa shape index (κ3) is 5.23. The van der Waals surface area contributed by atoms with Gasteiger partial charge in [-0.1, -0.05) is 49.7 Å². The van der Waals surface area contributed by atoms with Gasteiger partial charge in [-0.25, -0.2) is 0 Å². The molecular weight excluding hydrogens is 374 g/mol. The number of thioether (sulfide) groups is 1. The minimum absolute atomic E-state index is 0.0753. The highest BCUT2D eigenvalue weighted by atomic mass is 32.2. The SMILES string of the molecule is CCCCc1ccc(C(=O)COC(=O)C[C@@H]2Sc3ccccc3NC2=O)cc1. The van der Waals surface area contributed by atoms with Crippen molar-refractivity contribution < 1.29 is 19.1 Å². The number of fused-ring (bicyclic) bond motifs is 1. The maximum absolute atomic E-state index is 12.2. The lowest BCUT2D eigenvalue weighted by Crippen LogP contribution is -2.31. The van der Waals surface area contributed by atoms with E-state index in [4.69, 9.17) is 4.74 Å². The second kappa shape index (κ2) is 9.55. The van der Waals surface area contributed by atoms with Crippen molar-refractivity contribution in [3.63, 3.8) is 0 Å². The fourth-order valence-corrected chi connectivity index (χ4v) is 4.00. The molecule has 0 unspecified atom stereocenters. The smallest absolute Gasteiger partial charge is 0.307 e. The van der Waals surface area contributed by atoms with E-state index in [1.54, 1.807) is 12.1 Å². The fraction of sp³-hybridized carbons (Fsp3) is 0.318. The van der Waals surface area contributed by atoms with Crippen molar-refractivity contribution in [3.8, 4) is 0 Å². The molecule has 0 radical (unpaired) electrons. The van der Waals surface area contributed by atoms with E-state index in [1.165, 1.54) is 17.3 Å². The number of hydrogen-bond acceptors (Lipinski definition) is 5. The second-order valence-electron chi connectivity index (χ2n) is 6.68. The average Bonchev–Trinajstić information content (AvgIpc) is 2.71. The molecule has 5 nitrogen and oxygen atoms in total. The number of benzene rings is 2. The van der Waals surface area contributed by atoms with Gasteiger partial charge in [0.25, 0.3) is 0 Å². The number of ketones is 1. The van der Waals surface area contributed by atoms with Gasteiger partial charge in [0.2, 0.25) is 5.91 Å². The summed E-state index contributed by atoms with van der Waals surface area (Å²) in [6, 6.07) is 14.8. The molecule has 2 aromatic carbocycles. The zero-order valence-electron chi connectivity index (χ0n) is 15.8. The fourth-order valence-electron chi connectivity index (χ4n) is 2.90. The monoisotopic (exact) mass is 397 g/mol. The summed E-state index contributed by atoms with van der Waals surface area (Å²) in [6.07, 6.45) is 3.15. The van der Waals surface area contributed by atoms with Crippen molar-refractivity contribution in [2.75, 3.05) is 11.9 Å². The summed E-state index contributed by atoms with van der Waals surface area (Å²) >= 11 is 1.33. The highest BCUT2D eigenvalue weighted by Gasteiger charge is 2.29. The lowest BCUT2D eigenvalue weighted by molar-refractivity contribution is -0.143. The number of anilines is 1. The van der Waals surface area contributed by atoms with Crippen molar-refractivity contribution in [2.24, 2.45) is 0 Å². The highest BCUT2D eigenvalue weighted by molar-refractivity contribution is 8.01. The summed E-state index contributed by atoms with van der Waals surface area (Å²) in [7, 11) is 0. The lowest BCUT2D eigenvalue weighted by atomic mass is 10.0. The number of rotatable bonds is 8. The Bertz CT molecular complexity index is 863. The first kappa shape index (κ1) is 20.1. The van der Waals surface area contributed by atoms with Crippen LogP contribution in [-0.4, -0.2) is 29.5 Å². The number of hydrogen-bond donors (Lipinski definition) is 1. The molecule has 2 aromatic rings. The molecule has 0 fully saturated rings. The van der Waals surface area contributed by atoms with Gasteiger partial charge in [-0.2, -0.15) is 0 Å². The van der Waals surface area contributed by atoms with Crippen molar-refractivity contribution in [3.05, 3.63) is 59.7 Å². The molecule has 0 spiro atoms. The molecule has 1 aliphatic heterocycles. The van der Waals surface area contributed by atoms with E-state index < -0.39 is 11.2 Å². The van der Waals surface area contributed by atoms with Gasteiger partial charge in [-0.3, -0.25) is 14.4 Å². The normalized spacial score (nSPS) is 15.5. The summed E-state index contributed by atoms with van der Waals surface area (Å²) in [5.41, 5.74) is 2.46. The number of carbonyl (C=O) groups excluding carboxylic acids is 3. The van der Waals surface area contributed by atoms with E-state index in [2.05, 4.69) is 12.2 Å². The number of Topliss-reactive ketones (excluding diaryl/α,β-unsaturated/α-hetero) is 1. The van der Waals surface area contributed by atoms with Crippen molar-refractivity contribution >= 4 is 35.1 Å². The van der Waals surface area contributed by atoms with Crippen LogP contribution >= 0.6 is 11.8 Å². The molecule has 146 valence electrons. The van der Waals surface area contributed by atoms with Crippen LogP contribution in [0.5, 0.6) is 0 Å². The Kier molecular flexibility index (Phi) is 6.87. The largest absolute Gasteiger partial charge is 0.457 e. The number of esters is 1. The molecule has 0 aromatic heterocycles.